The first kappa shape index (κ1) is 14.0. The van der Waals surface area contributed by atoms with Gasteiger partial charge in [-0.3, -0.25) is 9.59 Å². The van der Waals surface area contributed by atoms with Crippen molar-refractivity contribution >= 4 is 17.6 Å². The highest BCUT2D eigenvalue weighted by Gasteiger charge is 2.55. The zero-order valence-electron chi connectivity index (χ0n) is 11.4. The smallest absolute Gasteiger partial charge is 0.310 e. The molecule has 2 bridgehead atoms. The molecule has 2 heterocycles. The molecule has 1 aromatic rings. The Balaban J connectivity index is 1.73. The number of carboxylic acid groups (broad SMARTS) is 1. The molecule has 1 amide bonds. The Bertz CT molecular complexity index is 556. The lowest BCUT2D eigenvalue weighted by Crippen LogP contribution is -2.40. The van der Waals surface area contributed by atoms with E-state index in [1.807, 2.05) is 0 Å². The Morgan fingerprint density at radius 3 is 2.33 bits per heavy atom. The van der Waals surface area contributed by atoms with Gasteiger partial charge < -0.3 is 20.3 Å². The van der Waals surface area contributed by atoms with Crippen LogP contribution in [0, 0.1) is 11.8 Å². The van der Waals surface area contributed by atoms with Crippen LogP contribution in [-0.4, -0.2) is 34.3 Å². The number of rotatable bonds is 4. The quantitative estimate of drug-likeness (QED) is 0.769. The summed E-state index contributed by atoms with van der Waals surface area (Å²) in [5, 5.41) is 21.0. The van der Waals surface area contributed by atoms with Crippen LogP contribution in [0.15, 0.2) is 24.3 Å². The summed E-state index contributed by atoms with van der Waals surface area (Å²) >= 11 is 0. The van der Waals surface area contributed by atoms with Crippen LogP contribution in [0.5, 0.6) is 0 Å². The number of ether oxygens (including phenoxy) is 1. The van der Waals surface area contributed by atoms with Crippen LogP contribution >= 0.6 is 0 Å². The second-order valence-corrected chi connectivity index (χ2v) is 5.52. The summed E-state index contributed by atoms with van der Waals surface area (Å²) in [5.41, 5.74) is 1.34. The summed E-state index contributed by atoms with van der Waals surface area (Å²) in [4.78, 5) is 23.7. The summed E-state index contributed by atoms with van der Waals surface area (Å²) in [5.74, 6) is -2.69. The molecule has 2 aliphatic rings. The van der Waals surface area contributed by atoms with E-state index < -0.39 is 17.8 Å². The van der Waals surface area contributed by atoms with E-state index in [4.69, 9.17) is 9.84 Å². The minimum Gasteiger partial charge on any atom is -0.481 e. The number of aliphatic carboxylic acids is 1. The molecule has 2 aliphatic heterocycles. The maximum atomic E-state index is 12.4. The molecule has 21 heavy (non-hydrogen) atoms. The lowest BCUT2D eigenvalue weighted by molar-refractivity contribution is -0.147. The molecule has 112 valence electrons. The van der Waals surface area contributed by atoms with E-state index in [0.29, 0.717) is 12.1 Å². The third kappa shape index (κ3) is 2.52. The Kier molecular flexibility index (Phi) is 3.65. The molecular formula is C15H17NO5. The van der Waals surface area contributed by atoms with Gasteiger partial charge in [-0.2, -0.15) is 0 Å². The number of anilines is 1. The van der Waals surface area contributed by atoms with Gasteiger partial charge in [0.25, 0.3) is 0 Å². The molecule has 6 nitrogen and oxygen atoms in total. The highest BCUT2D eigenvalue weighted by Crippen LogP contribution is 2.44. The van der Waals surface area contributed by atoms with Gasteiger partial charge in [0.05, 0.1) is 30.7 Å². The standard InChI is InChI=1S/C15H17NO5/c17-7-8-1-3-9(4-2-8)16-14(18)12-10-5-6-11(21-10)13(12)15(19)20/h1-4,10-13,17H,5-7H2,(H,16,18)(H,19,20)/t10-,11+,12?,13?/m1/s1. The van der Waals surface area contributed by atoms with Crippen LogP contribution in [0.25, 0.3) is 0 Å². The van der Waals surface area contributed by atoms with Crippen LogP contribution in [0.4, 0.5) is 5.69 Å². The highest BCUT2D eigenvalue weighted by molar-refractivity contribution is 5.96. The maximum absolute atomic E-state index is 12.4. The first-order valence-corrected chi connectivity index (χ1v) is 6.99. The zero-order chi connectivity index (χ0) is 15.0. The molecule has 2 saturated heterocycles. The molecule has 0 saturated carbocycles. The third-order valence-corrected chi connectivity index (χ3v) is 4.27. The topological polar surface area (TPSA) is 95.9 Å². The minimum absolute atomic E-state index is 0.0600. The molecule has 3 rings (SSSR count). The number of carbonyl (C=O) groups excluding carboxylic acids is 1. The van der Waals surface area contributed by atoms with Crippen molar-refractivity contribution in [2.24, 2.45) is 11.8 Å². The maximum Gasteiger partial charge on any atom is 0.310 e. The average Bonchev–Trinajstić information content (AvgIpc) is 3.08. The lowest BCUT2D eigenvalue weighted by Gasteiger charge is -2.23. The lowest BCUT2D eigenvalue weighted by atomic mass is 9.78. The number of aliphatic hydroxyl groups is 1. The fraction of sp³-hybridized carbons (Fsp3) is 0.467. The van der Waals surface area contributed by atoms with Crippen LogP contribution in [0.1, 0.15) is 18.4 Å². The summed E-state index contributed by atoms with van der Waals surface area (Å²) < 4.78 is 5.58. The van der Waals surface area contributed by atoms with Crippen LogP contribution in [-0.2, 0) is 20.9 Å². The van der Waals surface area contributed by atoms with Gasteiger partial charge in [0, 0.05) is 5.69 Å². The van der Waals surface area contributed by atoms with Gasteiger partial charge >= 0.3 is 5.97 Å². The number of nitrogens with one attached hydrogen (secondary N) is 1. The first-order chi connectivity index (χ1) is 10.1. The number of hydrogen-bond donors (Lipinski definition) is 3. The molecule has 0 radical (unpaired) electrons. The van der Waals surface area contributed by atoms with Crippen LogP contribution in [0.3, 0.4) is 0 Å². The Morgan fingerprint density at radius 2 is 1.76 bits per heavy atom. The van der Waals surface area contributed by atoms with E-state index in [9.17, 15) is 14.7 Å². The Hall–Kier alpha value is -1.92. The molecule has 0 spiro atoms. The van der Waals surface area contributed by atoms with Gasteiger partial charge in [-0.1, -0.05) is 12.1 Å². The summed E-state index contributed by atoms with van der Waals surface area (Å²) in [6, 6.07) is 6.80. The molecule has 4 atom stereocenters. The molecule has 0 aliphatic carbocycles. The van der Waals surface area contributed by atoms with Crippen LogP contribution in [0.2, 0.25) is 0 Å². The molecule has 1 aromatic carbocycles. The summed E-state index contributed by atoms with van der Waals surface area (Å²) in [7, 11) is 0. The van der Waals surface area contributed by atoms with E-state index in [0.717, 1.165) is 12.0 Å². The van der Waals surface area contributed by atoms with Crippen LogP contribution < -0.4 is 5.32 Å². The monoisotopic (exact) mass is 291 g/mol. The van der Waals surface area contributed by atoms with Gasteiger partial charge in [0.2, 0.25) is 5.91 Å². The van der Waals surface area contributed by atoms with Crippen molar-refractivity contribution in [3.8, 4) is 0 Å². The van der Waals surface area contributed by atoms with Gasteiger partial charge in [-0.05, 0) is 30.5 Å². The van der Waals surface area contributed by atoms with Crippen molar-refractivity contribution in [2.45, 2.75) is 31.7 Å². The van der Waals surface area contributed by atoms with Crippen molar-refractivity contribution < 1.29 is 24.5 Å². The van der Waals surface area contributed by atoms with E-state index in [1.165, 1.54) is 0 Å². The number of amides is 1. The van der Waals surface area contributed by atoms with Crippen molar-refractivity contribution in [2.75, 3.05) is 5.32 Å². The fourth-order valence-electron chi connectivity index (χ4n) is 3.24. The van der Waals surface area contributed by atoms with E-state index in [1.54, 1.807) is 24.3 Å². The second-order valence-electron chi connectivity index (χ2n) is 5.52. The van der Waals surface area contributed by atoms with Crippen molar-refractivity contribution in [1.29, 1.82) is 0 Å². The largest absolute Gasteiger partial charge is 0.481 e. The second kappa shape index (κ2) is 5.46. The zero-order valence-corrected chi connectivity index (χ0v) is 11.4. The van der Waals surface area contributed by atoms with E-state index in [2.05, 4.69) is 5.32 Å². The molecule has 2 unspecified atom stereocenters. The number of fused-ring (bicyclic) bond motifs is 2. The molecule has 0 aromatic heterocycles. The molecule has 6 heteroatoms. The van der Waals surface area contributed by atoms with E-state index in [-0.39, 0.29) is 24.7 Å². The highest BCUT2D eigenvalue weighted by atomic mass is 16.5. The molecule has 2 fully saturated rings. The number of carbonyl (C=O) groups is 2. The first-order valence-electron chi connectivity index (χ1n) is 6.99. The van der Waals surface area contributed by atoms with Gasteiger partial charge in [0.1, 0.15) is 0 Å². The van der Waals surface area contributed by atoms with Gasteiger partial charge in [-0.25, -0.2) is 0 Å². The average molecular weight is 291 g/mol. The molecular weight excluding hydrogens is 274 g/mol. The fourth-order valence-corrected chi connectivity index (χ4v) is 3.24. The number of hydrogen-bond acceptors (Lipinski definition) is 4. The number of carboxylic acids is 1. The van der Waals surface area contributed by atoms with Crippen molar-refractivity contribution in [1.82, 2.24) is 0 Å². The Morgan fingerprint density at radius 1 is 1.14 bits per heavy atom. The number of benzene rings is 1. The van der Waals surface area contributed by atoms with Crippen molar-refractivity contribution in [3.63, 3.8) is 0 Å². The van der Waals surface area contributed by atoms with E-state index >= 15 is 0 Å². The minimum atomic E-state index is -0.974. The van der Waals surface area contributed by atoms with Gasteiger partial charge in [0.15, 0.2) is 0 Å². The third-order valence-electron chi connectivity index (χ3n) is 4.27. The summed E-state index contributed by atoms with van der Waals surface area (Å²) in [6.07, 6.45) is 0.792. The predicted molar refractivity (Wildman–Crippen MR) is 73.5 cm³/mol. The van der Waals surface area contributed by atoms with Crippen molar-refractivity contribution in [3.05, 3.63) is 29.8 Å². The molecule has 3 N–H and O–H groups in total. The Labute approximate surface area is 121 Å². The summed E-state index contributed by atoms with van der Waals surface area (Å²) in [6.45, 7) is -0.0600. The number of aliphatic hydroxyl groups excluding tert-OH is 1. The SMILES string of the molecule is O=C(O)C1C(C(=O)Nc2ccc(CO)cc2)[C@H]2CC[C@@H]1O2. The predicted octanol–water partition coefficient (Wildman–Crippen LogP) is 0.996. The normalized spacial score (nSPS) is 30.3. The van der Waals surface area contributed by atoms with Gasteiger partial charge in [-0.15, -0.1) is 0 Å².